The van der Waals surface area contributed by atoms with Gasteiger partial charge < -0.3 is 19.6 Å². The summed E-state index contributed by atoms with van der Waals surface area (Å²) in [6.07, 6.45) is 2.01. The third-order valence-corrected chi connectivity index (χ3v) is 5.76. The van der Waals surface area contributed by atoms with E-state index in [0.717, 1.165) is 37.2 Å². The Morgan fingerprint density at radius 2 is 1.93 bits per heavy atom. The van der Waals surface area contributed by atoms with E-state index in [-0.39, 0.29) is 30.9 Å². The zero-order chi connectivity index (χ0) is 20.5. The highest BCUT2D eigenvalue weighted by Crippen LogP contribution is 2.31. The summed E-state index contributed by atoms with van der Waals surface area (Å²) >= 11 is 0. The number of amides is 3. The van der Waals surface area contributed by atoms with Crippen LogP contribution in [0.2, 0.25) is 0 Å². The summed E-state index contributed by atoms with van der Waals surface area (Å²) in [5.41, 5.74) is 2.47. The van der Waals surface area contributed by atoms with Crippen molar-refractivity contribution in [2.24, 2.45) is 0 Å². The summed E-state index contributed by atoms with van der Waals surface area (Å²) in [6.45, 7) is 1.57. The quantitative estimate of drug-likeness (QED) is 0.691. The Bertz CT molecular complexity index is 862. The van der Waals surface area contributed by atoms with Crippen molar-refractivity contribution in [3.05, 3.63) is 29.3 Å². The molecule has 0 aliphatic carbocycles. The lowest BCUT2D eigenvalue weighted by Crippen LogP contribution is -2.52. The SMILES string of the molecule is O=C(O)COC1CCN(c2ccc3c(c2)CN(C2CCC(=O)NC2=O)C3=O)CC1. The van der Waals surface area contributed by atoms with Crippen molar-refractivity contribution in [3.8, 4) is 0 Å². The summed E-state index contributed by atoms with van der Waals surface area (Å²) < 4.78 is 5.38. The number of ether oxygens (including phenoxy) is 1. The van der Waals surface area contributed by atoms with Crippen molar-refractivity contribution in [1.29, 1.82) is 0 Å². The van der Waals surface area contributed by atoms with Crippen molar-refractivity contribution < 1.29 is 29.0 Å². The number of aliphatic carboxylic acids is 1. The zero-order valence-electron chi connectivity index (χ0n) is 15.9. The lowest BCUT2D eigenvalue weighted by atomic mass is 10.0. The number of carboxylic acids is 1. The molecule has 1 unspecified atom stereocenters. The van der Waals surface area contributed by atoms with Crippen LogP contribution in [0.25, 0.3) is 0 Å². The van der Waals surface area contributed by atoms with E-state index in [1.165, 1.54) is 0 Å². The minimum atomic E-state index is -0.962. The van der Waals surface area contributed by atoms with Crippen molar-refractivity contribution >= 4 is 29.4 Å². The first-order valence-electron chi connectivity index (χ1n) is 9.78. The number of imide groups is 1. The molecule has 3 heterocycles. The molecule has 9 nitrogen and oxygen atoms in total. The van der Waals surface area contributed by atoms with E-state index in [4.69, 9.17) is 9.84 Å². The van der Waals surface area contributed by atoms with Crippen LogP contribution in [0.3, 0.4) is 0 Å². The first kappa shape index (κ1) is 19.4. The topological polar surface area (TPSA) is 116 Å². The third-order valence-electron chi connectivity index (χ3n) is 5.76. The number of nitrogens with one attached hydrogen (secondary N) is 1. The second-order valence-electron chi connectivity index (χ2n) is 7.63. The number of carbonyl (C=O) groups is 4. The molecule has 2 fully saturated rings. The molecule has 2 N–H and O–H groups in total. The molecule has 0 spiro atoms. The van der Waals surface area contributed by atoms with Gasteiger partial charge in [-0.05, 0) is 43.0 Å². The Morgan fingerprint density at radius 3 is 2.62 bits per heavy atom. The van der Waals surface area contributed by atoms with Crippen LogP contribution in [0, 0.1) is 0 Å². The molecule has 9 heteroatoms. The fraction of sp³-hybridized carbons (Fsp3) is 0.500. The van der Waals surface area contributed by atoms with Gasteiger partial charge in [-0.2, -0.15) is 0 Å². The van der Waals surface area contributed by atoms with E-state index in [1.54, 1.807) is 11.0 Å². The van der Waals surface area contributed by atoms with Crippen LogP contribution in [0.5, 0.6) is 0 Å². The molecule has 29 heavy (non-hydrogen) atoms. The molecule has 1 atom stereocenters. The second kappa shape index (κ2) is 7.82. The van der Waals surface area contributed by atoms with E-state index in [0.29, 0.717) is 18.5 Å². The number of piperidine rings is 2. The Labute approximate surface area is 167 Å². The molecule has 3 amide bonds. The highest BCUT2D eigenvalue weighted by Gasteiger charge is 2.39. The minimum Gasteiger partial charge on any atom is -0.480 e. The Kier molecular flexibility index (Phi) is 5.23. The van der Waals surface area contributed by atoms with Gasteiger partial charge in [0.2, 0.25) is 11.8 Å². The number of carbonyl (C=O) groups excluding carboxylic acids is 3. The standard InChI is InChI=1S/C20H23N3O6/c24-17-4-3-16(19(27)21-17)23-10-12-9-13(1-2-15(12)20(23)28)22-7-5-14(6-8-22)29-11-18(25)26/h1-2,9,14,16H,3-8,10-11H2,(H,25,26)(H,21,24,27). The smallest absolute Gasteiger partial charge is 0.329 e. The highest BCUT2D eigenvalue weighted by atomic mass is 16.5. The van der Waals surface area contributed by atoms with E-state index >= 15 is 0 Å². The minimum absolute atomic E-state index is 0.0543. The maximum absolute atomic E-state index is 12.8. The second-order valence-corrected chi connectivity index (χ2v) is 7.63. The molecule has 4 rings (SSSR count). The number of rotatable bonds is 5. The monoisotopic (exact) mass is 401 g/mol. The molecular weight excluding hydrogens is 378 g/mol. The van der Waals surface area contributed by atoms with Gasteiger partial charge in [0, 0.05) is 37.3 Å². The first-order valence-corrected chi connectivity index (χ1v) is 9.78. The summed E-state index contributed by atoms with van der Waals surface area (Å²) in [5.74, 6) is -1.85. The van der Waals surface area contributed by atoms with Gasteiger partial charge >= 0.3 is 5.97 Å². The predicted molar refractivity (Wildman–Crippen MR) is 101 cm³/mol. The molecule has 154 valence electrons. The number of hydrogen-bond acceptors (Lipinski definition) is 6. The first-order chi connectivity index (χ1) is 13.9. The van der Waals surface area contributed by atoms with E-state index in [2.05, 4.69) is 10.2 Å². The Hall–Kier alpha value is -2.94. The molecule has 0 radical (unpaired) electrons. The molecule has 0 bridgehead atoms. The fourth-order valence-electron chi connectivity index (χ4n) is 4.23. The van der Waals surface area contributed by atoms with Gasteiger partial charge in [-0.1, -0.05) is 0 Å². The average Bonchev–Trinajstić information content (AvgIpc) is 3.02. The molecular formula is C20H23N3O6. The molecule has 0 aromatic heterocycles. The van der Waals surface area contributed by atoms with Crippen molar-refractivity contribution in [1.82, 2.24) is 10.2 Å². The van der Waals surface area contributed by atoms with Crippen LogP contribution in [0.15, 0.2) is 18.2 Å². The van der Waals surface area contributed by atoms with Crippen molar-refractivity contribution in [3.63, 3.8) is 0 Å². The largest absolute Gasteiger partial charge is 0.480 e. The number of anilines is 1. The van der Waals surface area contributed by atoms with E-state index < -0.39 is 17.9 Å². The van der Waals surface area contributed by atoms with E-state index in [1.807, 2.05) is 12.1 Å². The van der Waals surface area contributed by atoms with Gasteiger partial charge in [0.15, 0.2) is 0 Å². The third kappa shape index (κ3) is 3.95. The van der Waals surface area contributed by atoms with Gasteiger partial charge in [-0.3, -0.25) is 19.7 Å². The summed E-state index contributed by atoms with van der Waals surface area (Å²) in [5, 5.41) is 11.0. The maximum atomic E-state index is 12.8. The van der Waals surface area contributed by atoms with Crippen LogP contribution in [0.1, 0.15) is 41.6 Å². The number of nitrogens with zero attached hydrogens (tertiary/aromatic N) is 2. The summed E-state index contributed by atoms with van der Waals surface area (Å²) in [6, 6.07) is 5.07. The molecule has 1 aromatic rings. The molecule has 3 aliphatic rings. The lowest BCUT2D eigenvalue weighted by molar-refractivity contribution is -0.144. The number of carboxylic acid groups (broad SMARTS) is 1. The van der Waals surface area contributed by atoms with Crippen LogP contribution < -0.4 is 10.2 Å². The Morgan fingerprint density at radius 1 is 1.17 bits per heavy atom. The van der Waals surface area contributed by atoms with Crippen LogP contribution in [-0.2, 0) is 25.7 Å². The van der Waals surface area contributed by atoms with Crippen LogP contribution in [0.4, 0.5) is 5.69 Å². The lowest BCUT2D eigenvalue weighted by Gasteiger charge is -2.33. The summed E-state index contributed by atoms with van der Waals surface area (Å²) in [7, 11) is 0. The van der Waals surface area contributed by atoms with Crippen molar-refractivity contribution in [2.75, 3.05) is 24.6 Å². The number of hydrogen-bond donors (Lipinski definition) is 2. The number of benzene rings is 1. The molecule has 3 aliphatic heterocycles. The zero-order valence-corrected chi connectivity index (χ0v) is 15.9. The van der Waals surface area contributed by atoms with Gasteiger partial charge in [0.25, 0.3) is 5.91 Å². The van der Waals surface area contributed by atoms with Gasteiger partial charge in [-0.15, -0.1) is 0 Å². The average molecular weight is 401 g/mol. The summed E-state index contributed by atoms with van der Waals surface area (Å²) in [4.78, 5) is 50.7. The van der Waals surface area contributed by atoms with Crippen LogP contribution in [-0.4, -0.2) is 65.5 Å². The Balaban J connectivity index is 1.41. The molecule has 1 aromatic carbocycles. The van der Waals surface area contributed by atoms with Crippen molar-refractivity contribution in [2.45, 2.75) is 44.4 Å². The van der Waals surface area contributed by atoms with Crippen LogP contribution >= 0.6 is 0 Å². The molecule has 2 saturated heterocycles. The number of fused-ring (bicyclic) bond motifs is 1. The normalized spacial score (nSPS) is 22.6. The predicted octanol–water partition coefficient (Wildman–Crippen LogP) is 0.518. The molecule has 0 saturated carbocycles. The van der Waals surface area contributed by atoms with Gasteiger partial charge in [0.1, 0.15) is 12.6 Å². The van der Waals surface area contributed by atoms with Gasteiger partial charge in [0.05, 0.1) is 6.10 Å². The maximum Gasteiger partial charge on any atom is 0.329 e. The fourth-order valence-corrected chi connectivity index (χ4v) is 4.23. The van der Waals surface area contributed by atoms with E-state index in [9.17, 15) is 19.2 Å². The highest BCUT2D eigenvalue weighted by molar-refractivity contribution is 6.05. The van der Waals surface area contributed by atoms with Gasteiger partial charge in [-0.25, -0.2) is 4.79 Å².